The highest BCUT2D eigenvalue weighted by Crippen LogP contribution is 2.22. The fraction of sp³-hybridized carbons (Fsp3) is 0.750. The lowest BCUT2D eigenvalue weighted by Gasteiger charge is -2.36. The van der Waals surface area contributed by atoms with Crippen molar-refractivity contribution < 1.29 is 19.1 Å². The van der Waals surface area contributed by atoms with Crippen molar-refractivity contribution in [2.75, 3.05) is 13.2 Å². The average Bonchev–Trinajstić information content (AvgIpc) is 2.37. The van der Waals surface area contributed by atoms with Gasteiger partial charge in [-0.05, 0) is 53.4 Å². The maximum absolute atomic E-state index is 12.2. The molecule has 0 unspecified atom stereocenters. The SMILES string of the molecule is CCOC(=O)C=CC[C@H]1CCCCN1C(=O)OC(C)(C)C. The lowest BCUT2D eigenvalue weighted by atomic mass is 9.99. The van der Waals surface area contributed by atoms with Gasteiger partial charge in [-0.15, -0.1) is 0 Å². The van der Waals surface area contributed by atoms with E-state index in [-0.39, 0.29) is 18.1 Å². The van der Waals surface area contributed by atoms with Crippen LogP contribution in [0.1, 0.15) is 53.4 Å². The summed E-state index contributed by atoms with van der Waals surface area (Å²) < 4.78 is 10.3. The number of carbonyl (C=O) groups is 2. The van der Waals surface area contributed by atoms with Crippen LogP contribution in [0.25, 0.3) is 0 Å². The Labute approximate surface area is 127 Å². The molecule has 1 aliphatic heterocycles. The average molecular weight is 297 g/mol. The molecule has 1 heterocycles. The van der Waals surface area contributed by atoms with Crippen molar-refractivity contribution in [1.29, 1.82) is 0 Å². The van der Waals surface area contributed by atoms with E-state index in [1.807, 2.05) is 20.8 Å². The molecule has 21 heavy (non-hydrogen) atoms. The second-order valence-corrected chi connectivity index (χ2v) is 6.21. The van der Waals surface area contributed by atoms with Crippen LogP contribution in [0.15, 0.2) is 12.2 Å². The zero-order valence-corrected chi connectivity index (χ0v) is 13.6. The van der Waals surface area contributed by atoms with Crippen LogP contribution in [0.3, 0.4) is 0 Å². The molecule has 0 bridgehead atoms. The van der Waals surface area contributed by atoms with Crippen LogP contribution in [0.2, 0.25) is 0 Å². The van der Waals surface area contributed by atoms with Gasteiger partial charge in [-0.2, -0.15) is 0 Å². The molecule has 1 rings (SSSR count). The van der Waals surface area contributed by atoms with E-state index < -0.39 is 5.60 Å². The molecule has 0 N–H and O–H groups in total. The second-order valence-electron chi connectivity index (χ2n) is 6.21. The summed E-state index contributed by atoms with van der Waals surface area (Å²) in [6.45, 7) is 8.46. The standard InChI is InChI=1S/C16H27NO4/c1-5-20-14(18)11-8-10-13-9-6-7-12-17(13)15(19)21-16(2,3)4/h8,11,13H,5-7,9-10,12H2,1-4H3/t13-/m1/s1. The van der Waals surface area contributed by atoms with Gasteiger partial charge in [0.1, 0.15) is 5.60 Å². The van der Waals surface area contributed by atoms with Gasteiger partial charge in [0.05, 0.1) is 6.61 Å². The van der Waals surface area contributed by atoms with Crippen molar-refractivity contribution in [2.24, 2.45) is 0 Å². The highest BCUT2D eigenvalue weighted by Gasteiger charge is 2.29. The fourth-order valence-corrected chi connectivity index (χ4v) is 2.32. The van der Waals surface area contributed by atoms with Crippen LogP contribution in [-0.2, 0) is 14.3 Å². The summed E-state index contributed by atoms with van der Waals surface area (Å²) in [6, 6.07) is 0.0966. The molecule has 5 nitrogen and oxygen atoms in total. The molecular formula is C16H27NO4. The topological polar surface area (TPSA) is 55.8 Å². The Morgan fingerprint density at radius 2 is 2.00 bits per heavy atom. The number of rotatable bonds is 4. The minimum atomic E-state index is -0.486. The van der Waals surface area contributed by atoms with Gasteiger partial charge in [0.15, 0.2) is 0 Å². The summed E-state index contributed by atoms with van der Waals surface area (Å²) in [6.07, 6.45) is 6.63. The highest BCUT2D eigenvalue weighted by molar-refractivity contribution is 5.81. The number of hydrogen-bond donors (Lipinski definition) is 0. The van der Waals surface area contributed by atoms with Crippen molar-refractivity contribution in [3.63, 3.8) is 0 Å². The Morgan fingerprint density at radius 1 is 1.29 bits per heavy atom. The lowest BCUT2D eigenvalue weighted by molar-refractivity contribution is -0.137. The number of amides is 1. The van der Waals surface area contributed by atoms with E-state index in [0.29, 0.717) is 19.6 Å². The summed E-state index contributed by atoms with van der Waals surface area (Å²) in [7, 11) is 0. The Kier molecular flexibility index (Phi) is 6.72. The first-order valence-electron chi connectivity index (χ1n) is 7.66. The first-order valence-corrected chi connectivity index (χ1v) is 7.66. The van der Waals surface area contributed by atoms with Crippen molar-refractivity contribution in [3.8, 4) is 0 Å². The Bertz CT molecular complexity index is 384. The van der Waals surface area contributed by atoms with E-state index in [9.17, 15) is 9.59 Å². The van der Waals surface area contributed by atoms with Crippen molar-refractivity contribution in [2.45, 2.75) is 65.0 Å². The first kappa shape index (κ1) is 17.5. The predicted molar refractivity (Wildman–Crippen MR) is 81.0 cm³/mol. The first-order chi connectivity index (χ1) is 9.83. The molecule has 1 aliphatic rings. The van der Waals surface area contributed by atoms with Gasteiger partial charge in [0.25, 0.3) is 0 Å². The molecular weight excluding hydrogens is 270 g/mol. The number of likely N-dealkylation sites (tertiary alicyclic amines) is 1. The summed E-state index contributed by atoms with van der Waals surface area (Å²) in [5.41, 5.74) is -0.486. The summed E-state index contributed by atoms with van der Waals surface area (Å²) >= 11 is 0. The molecule has 1 saturated heterocycles. The summed E-state index contributed by atoms with van der Waals surface area (Å²) in [5.74, 6) is -0.336. The maximum atomic E-state index is 12.2. The Hall–Kier alpha value is -1.52. The molecule has 1 atom stereocenters. The second kappa shape index (κ2) is 8.05. The van der Waals surface area contributed by atoms with E-state index in [2.05, 4.69) is 0 Å². The zero-order valence-electron chi connectivity index (χ0n) is 13.6. The van der Waals surface area contributed by atoms with E-state index in [1.165, 1.54) is 6.08 Å². The van der Waals surface area contributed by atoms with Crippen LogP contribution in [0.4, 0.5) is 4.79 Å². The molecule has 0 aromatic heterocycles. The lowest BCUT2D eigenvalue weighted by Crippen LogP contribution is -2.45. The van der Waals surface area contributed by atoms with Gasteiger partial charge in [-0.3, -0.25) is 0 Å². The Balaban J connectivity index is 2.57. The molecule has 1 fully saturated rings. The van der Waals surface area contributed by atoms with E-state index in [4.69, 9.17) is 9.47 Å². The van der Waals surface area contributed by atoms with Crippen molar-refractivity contribution >= 4 is 12.1 Å². The third-order valence-electron chi connectivity index (χ3n) is 3.20. The van der Waals surface area contributed by atoms with Gasteiger partial charge >= 0.3 is 12.1 Å². The predicted octanol–water partition coefficient (Wildman–Crippen LogP) is 3.29. The molecule has 0 aromatic carbocycles. The molecule has 120 valence electrons. The van der Waals surface area contributed by atoms with Crippen molar-refractivity contribution in [1.82, 2.24) is 4.90 Å². The van der Waals surface area contributed by atoms with Crippen LogP contribution in [0.5, 0.6) is 0 Å². The molecule has 0 saturated carbocycles. The smallest absolute Gasteiger partial charge is 0.410 e. The van der Waals surface area contributed by atoms with Gasteiger partial charge < -0.3 is 14.4 Å². The van der Waals surface area contributed by atoms with Gasteiger partial charge in [0.2, 0.25) is 0 Å². The summed E-state index contributed by atoms with van der Waals surface area (Å²) in [5, 5.41) is 0. The third-order valence-corrected chi connectivity index (χ3v) is 3.20. The van der Waals surface area contributed by atoms with Crippen molar-refractivity contribution in [3.05, 3.63) is 12.2 Å². The molecule has 1 amide bonds. The fourth-order valence-electron chi connectivity index (χ4n) is 2.32. The molecule has 0 aliphatic carbocycles. The van der Waals surface area contributed by atoms with Crippen LogP contribution >= 0.6 is 0 Å². The number of ether oxygens (including phenoxy) is 2. The number of carbonyl (C=O) groups excluding carboxylic acids is 2. The third kappa shape index (κ3) is 6.65. The van der Waals surface area contributed by atoms with E-state index in [0.717, 1.165) is 19.3 Å². The number of piperidine rings is 1. The van der Waals surface area contributed by atoms with Crippen LogP contribution in [-0.4, -0.2) is 41.8 Å². The molecule has 5 heteroatoms. The molecule has 0 spiro atoms. The summed E-state index contributed by atoms with van der Waals surface area (Å²) in [4.78, 5) is 25.3. The van der Waals surface area contributed by atoms with E-state index in [1.54, 1.807) is 17.9 Å². The monoisotopic (exact) mass is 297 g/mol. The number of hydrogen-bond acceptors (Lipinski definition) is 4. The van der Waals surface area contributed by atoms with Gasteiger partial charge in [-0.1, -0.05) is 6.08 Å². The largest absolute Gasteiger partial charge is 0.463 e. The number of nitrogens with zero attached hydrogens (tertiary/aromatic N) is 1. The normalized spacial score (nSPS) is 19.6. The van der Waals surface area contributed by atoms with Crippen LogP contribution < -0.4 is 0 Å². The van der Waals surface area contributed by atoms with Crippen LogP contribution in [0, 0.1) is 0 Å². The minimum Gasteiger partial charge on any atom is -0.463 e. The van der Waals surface area contributed by atoms with Gasteiger partial charge in [0, 0.05) is 18.7 Å². The highest BCUT2D eigenvalue weighted by atomic mass is 16.6. The zero-order chi connectivity index (χ0) is 15.9. The van der Waals surface area contributed by atoms with Gasteiger partial charge in [-0.25, -0.2) is 9.59 Å². The quantitative estimate of drug-likeness (QED) is 0.590. The van der Waals surface area contributed by atoms with E-state index >= 15 is 0 Å². The maximum Gasteiger partial charge on any atom is 0.410 e. The minimum absolute atomic E-state index is 0.0966. The molecule has 0 radical (unpaired) electrons. The molecule has 0 aromatic rings. The Morgan fingerprint density at radius 3 is 2.62 bits per heavy atom. The number of esters is 1.